The van der Waals surface area contributed by atoms with Crippen LogP contribution in [0.1, 0.15) is 0 Å². The van der Waals surface area contributed by atoms with E-state index in [0.29, 0.717) is 52.4 Å². The zero-order valence-corrected chi connectivity index (χ0v) is 73.7. The molecule has 18 aromatic carbocycles. The maximum atomic E-state index is 6.61. The molecule has 0 aliphatic heterocycles. The maximum absolute atomic E-state index is 6.61. The molecule has 0 saturated carbocycles. The van der Waals surface area contributed by atoms with Gasteiger partial charge < -0.3 is 8.98 Å². The van der Waals surface area contributed by atoms with Crippen molar-refractivity contribution in [1.29, 1.82) is 0 Å². The smallest absolute Gasteiger partial charge is 0.165 e. The highest BCUT2D eigenvalue weighted by atomic mass is 32.1. The number of furan rings is 1. The number of hydrogen-bond donors (Lipinski definition) is 0. The van der Waals surface area contributed by atoms with Crippen LogP contribution in [0.2, 0.25) is 0 Å². The molecule has 0 spiro atoms. The lowest BCUT2D eigenvalue weighted by molar-refractivity contribution is 0.673. The average Bonchev–Trinajstić information content (AvgIpc) is 1.55. The number of nitrogens with zero attached hydrogens (tertiary/aromatic N) is 10. The quantitative estimate of drug-likeness (QED) is 0.116. The highest BCUT2D eigenvalue weighted by Crippen LogP contribution is 2.51. The monoisotopic (exact) mass is 1760 g/mol. The first kappa shape index (κ1) is 77.8. The summed E-state index contributed by atoms with van der Waals surface area (Å²) >= 11 is 7.46. The van der Waals surface area contributed by atoms with Crippen molar-refractivity contribution in [2.75, 3.05) is 0 Å². The van der Waals surface area contributed by atoms with Crippen LogP contribution in [0.25, 0.3) is 255 Å². The van der Waals surface area contributed by atoms with E-state index in [1.165, 1.54) is 86.3 Å². The topological polar surface area (TPSA) is 134 Å². The van der Waals surface area contributed by atoms with Crippen LogP contribution < -0.4 is 0 Å². The molecule has 27 aromatic rings. The summed E-state index contributed by atoms with van der Waals surface area (Å²) in [6, 6.07) is 147. The van der Waals surface area contributed by atoms with Crippen LogP contribution >= 0.6 is 45.3 Å². The molecule has 0 fully saturated rings. The first-order valence-corrected chi connectivity index (χ1v) is 47.0. The van der Waals surface area contributed by atoms with Gasteiger partial charge in [-0.1, -0.05) is 340 Å². The first-order valence-electron chi connectivity index (χ1n) is 43.7. The van der Waals surface area contributed by atoms with Gasteiger partial charge in [0.1, 0.15) is 11.2 Å². The zero-order valence-electron chi connectivity index (χ0n) is 70.4. The molecular weight excluding hydrogens is 1690 g/mol. The average molecular weight is 1760 g/mol. The van der Waals surface area contributed by atoms with E-state index >= 15 is 0 Å². The summed E-state index contributed by atoms with van der Waals surface area (Å²) < 4.78 is 19.4. The van der Waals surface area contributed by atoms with Gasteiger partial charge in [-0.15, -0.1) is 45.3 Å². The summed E-state index contributed by atoms with van der Waals surface area (Å²) in [5.74, 6) is 5.97. The number of hydrogen-bond acceptors (Lipinski definition) is 14. The van der Waals surface area contributed by atoms with Gasteiger partial charge in [0.25, 0.3) is 0 Å². The molecule has 0 amide bonds. The summed E-state index contributed by atoms with van der Waals surface area (Å²) in [7, 11) is 0. The minimum atomic E-state index is 0.630. The summed E-state index contributed by atoms with van der Waals surface area (Å²) in [4.78, 5) is 44.5. The van der Waals surface area contributed by atoms with Crippen LogP contribution in [-0.4, -0.2) is 49.4 Å². The summed E-state index contributed by atoms with van der Waals surface area (Å²) in [5.41, 5.74) is 18.4. The number of rotatable bonds is 12. The standard InChI is InChI=1S/C45H28N4O.C39H23N3S2.C33H19N3S2/c1-4-13-29(14-5-1)43-46-44(30-15-6-2-7-16-30)48-45(47-43)33-18-12-17-31(27-33)32-23-25-38-37(28-32)41-39(49(38)34-19-8-3-9-20-34)26-24-36-35-21-10-11-22-40(35)50-42(36)41;1-3-11-24(12-4-1)37-40-38(25-13-5-2-6-14-25)42-39(41-37)27-16-9-15-26(23-27)28-18-10-19-31-34-33(44-35(28)31)22-21-30-29-17-7-8-20-32(29)43-36(30)34;1-3-10-20(11-4-1)31-34-32(21-12-5-2-6-13-21)36-33(35-31)25-16-9-15-24-28-27(38-29(24)25)19-18-23-22-14-7-8-17-26(22)37-30(23)28/h1-28H;1-23H;1-19H. The molecule has 0 atom stereocenters. The Morgan fingerprint density at radius 1 is 0.182 bits per heavy atom. The molecule has 132 heavy (non-hydrogen) atoms. The second-order valence-electron chi connectivity index (χ2n) is 32.5. The molecule has 9 heterocycles. The summed E-state index contributed by atoms with van der Waals surface area (Å²) in [6.45, 7) is 0. The molecule has 0 saturated heterocycles. The van der Waals surface area contributed by atoms with Crippen molar-refractivity contribution in [3.05, 3.63) is 425 Å². The fourth-order valence-corrected chi connectivity index (χ4v) is 23.4. The molecule has 0 bridgehead atoms. The fourth-order valence-electron chi connectivity index (χ4n) is 18.3. The molecule has 0 radical (unpaired) electrons. The summed E-state index contributed by atoms with van der Waals surface area (Å²) in [5, 5.41) is 15.0. The highest BCUT2D eigenvalue weighted by Gasteiger charge is 2.25. The minimum absolute atomic E-state index is 0.630. The van der Waals surface area contributed by atoms with Crippen molar-refractivity contribution in [1.82, 2.24) is 49.4 Å². The maximum Gasteiger partial charge on any atom is 0.165 e. The highest BCUT2D eigenvalue weighted by molar-refractivity contribution is 7.31. The van der Waals surface area contributed by atoms with Crippen molar-refractivity contribution >= 4 is 170 Å². The van der Waals surface area contributed by atoms with Crippen LogP contribution in [0.15, 0.2) is 429 Å². The Labute approximate surface area is 772 Å². The molecule has 0 unspecified atom stereocenters. The predicted octanol–water partition coefficient (Wildman–Crippen LogP) is 32.4. The van der Waals surface area contributed by atoms with Gasteiger partial charge >= 0.3 is 0 Å². The lowest BCUT2D eigenvalue weighted by atomic mass is 10.00. The van der Waals surface area contributed by atoms with Crippen molar-refractivity contribution in [2.24, 2.45) is 0 Å². The number of aromatic nitrogens is 10. The Hall–Kier alpha value is -16.5. The van der Waals surface area contributed by atoms with Gasteiger partial charge in [0.15, 0.2) is 52.4 Å². The van der Waals surface area contributed by atoms with Gasteiger partial charge in [-0.2, -0.15) is 0 Å². The lowest BCUT2D eigenvalue weighted by Gasteiger charge is -2.10. The number of para-hydroxylation sites is 2. The largest absolute Gasteiger partial charge is 0.455 e. The van der Waals surface area contributed by atoms with Crippen LogP contribution in [-0.2, 0) is 0 Å². The Morgan fingerprint density at radius 3 is 0.992 bits per heavy atom. The molecule has 618 valence electrons. The third kappa shape index (κ3) is 14.0. The Morgan fingerprint density at radius 2 is 0.515 bits per heavy atom. The third-order valence-electron chi connectivity index (χ3n) is 24.5. The van der Waals surface area contributed by atoms with E-state index in [-0.39, 0.29) is 0 Å². The molecule has 0 N–H and O–H groups in total. The van der Waals surface area contributed by atoms with Gasteiger partial charge in [-0.05, 0) is 107 Å². The number of thiophene rings is 4. The van der Waals surface area contributed by atoms with Gasteiger partial charge in [-0.25, -0.2) is 44.9 Å². The van der Waals surface area contributed by atoms with E-state index in [1.807, 2.05) is 239 Å². The molecule has 0 aliphatic rings. The van der Waals surface area contributed by atoms with Crippen LogP contribution in [0, 0.1) is 0 Å². The zero-order chi connectivity index (χ0) is 87.1. The Balaban J connectivity index is 0.000000107. The molecule has 27 rings (SSSR count). The van der Waals surface area contributed by atoms with Crippen molar-refractivity contribution in [3.63, 3.8) is 0 Å². The fraction of sp³-hybridized carbons (Fsp3) is 0. The lowest BCUT2D eigenvalue weighted by Crippen LogP contribution is -2.00. The molecule has 9 aromatic heterocycles. The van der Waals surface area contributed by atoms with Crippen LogP contribution in [0.4, 0.5) is 0 Å². The summed E-state index contributed by atoms with van der Waals surface area (Å²) in [6.07, 6.45) is 0. The van der Waals surface area contributed by atoms with Gasteiger partial charge in [0, 0.05) is 153 Å². The van der Waals surface area contributed by atoms with Crippen molar-refractivity contribution in [3.8, 4) is 130 Å². The third-order valence-corrected chi connectivity index (χ3v) is 29.3. The molecule has 0 aliphatic carbocycles. The van der Waals surface area contributed by atoms with E-state index in [2.05, 4.69) is 235 Å². The van der Waals surface area contributed by atoms with Crippen LogP contribution in [0.5, 0.6) is 0 Å². The van der Waals surface area contributed by atoms with Crippen molar-refractivity contribution in [2.45, 2.75) is 0 Å². The Bertz CT molecular complexity index is 8990. The van der Waals surface area contributed by atoms with Crippen molar-refractivity contribution < 1.29 is 4.42 Å². The van der Waals surface area contributed by atoms with E-state index in [9.17, 15) is 0 Å². The molecule has 15 heteroatoms. The van der Waals surface area contributed by atoms with Gasteiger partial charge in [-0.3, -0.25) is 0 Å². The normalized spacial score (nSPS) is 11.6. The Kier molecular flexibility index (Phi) is 19.4. The second kappa shape index (κ2) is 33.0. The second-order valence-corrected chi connectivity index (χ2v) is 36.7. The molecule has 11 nitrogen and oxygen atoms in total. The van der Waals surface area contributed by atoms with E-state index in [4.69, 9.17) is 49.3 Å². The molecular formula is C117H70N10OS4. The van der Waals surface area contributed by atoms with E-state index in [1.54, 1.807) is 0 Å². The van der Waals surface area contributed by atoms with Gasteiger partial charge in [0.2, 0.25) is 0 Å². The van der Waals surface area contributed by atoms with E-state index in [0.717, 1.165) is 116 Å². The van der Waals surface area contributed by atoms with Crippen LogP contribution in [0.3, 0.4) is 0 Å². The SMILES string of the molecule is c1ccc(-c2nc(-c3ccccc3)nc(-c3cccc(-c4ccc5c(c4)c4c6oc7ccccc7c6ccc4n5-c4ccccc4)c3)n2)cc1.c1ccc(-c2nc(-c3ccccc3)nc(-c3cccc(-c4cccc5c4sc4ccc6c7ccccc7sc6c45)c3)n2)cc1.c1ccc(-c2nc(-c3ccccc3)nc(-c3cccc4c3sc3ccc5c6ccccc6sc5c34)n2)cc1. The van der Waals surface area contributed by atoms with E-state index < -0.39 is 0 Å². The number of benzene rings is 18. The predicted molar refractivity (Wildman–Crippen MR) is 552 cm³/mol. The minimum Gasteiger partial charge on any atom is -0.455 e. The van der Waals surface area contributed by atoms with Gasteiger partial charge in [0.05, 0.1) is 16.4 Å². The number of fused-ring (bicyclic) bond motifs is 21. The first-order chi connectivity index (χ1) is 65.4.